The monoisotopic (exact) mass is 341 g/mol. The van der Waals surface area contributed by atoms with Gasteiger partial charge in [-0.1, -0.05) is 23.7 Å². The topological polar surface area (TPSA) is 102 Å². The molecule has 0 saturated carbocycles. The SMILES string of the molecule is C[C@@H](OC(=O)C[C@H](NC(N)=O)c1ccc(Cl)cc1)C(=O)N(C)C. The van der Waals surface area contributed by atoms with Crippen LogP contribution >= 0.6 is 11.6 Å². The van der Waals surface area contributed by atoms with Crippen molar-refractivity contribution in [1.82, 2.24) is 10.2 Å². The molecule has 0 saturated heterocycles. The van der Waals surface area contributed by atoms with E-state index in [4.69, 9.17) is 22.1 Å². The second kappa shape index (κ2) is 8.38. The van der Waals surface area contributed by atoms with Crippen LogP contribution in [0, 0.1) is 0 Å². The Hall–Kier alpha value is -2.28. The molecule has 1 aromatic carbocycles. The number of nitrogens with one attached hydrogen (secondary N) is 1. The van der Waals surface area contributed by atoms with Crippen LogP contribution in [-0.4, -0.2) is 43.0 Å². The number of nitrogens with two attached hydrogens (primary N) is 1. The number of nitrogens with zero attached hydrogens (tertiary/aromatic N) is 1. The highest BCUT2D eigenvalue weighted by Gasteiger charge is 2.23. The number of carbonyl (C=O) groups excluding carboxylic acids is 3. The van der Waals surface area contributed by atoms with Gasteiger partial charge in [0.15, 0.2) is 6.10 Å². The van der Waals surface area contributed by atoms with Crippen LogP contribution < -0.4 is 11.1 Å². The molecule has 126 valence electrons. The van der Waals surface area contributed by atoms with E-state index in [1.807, 2.05) is 0 Å². The Morgan fingerprint density at radius 3 is 2.30 bits per heavy atom. The zero-order chi connectivity index (χ0) is 17.6. The third-order valence-corrected chi connectivity index (χ3v) is 3.31. The summed E-state index contributed by atoms with van der Waals surface area (Å²) in [6, 6.07) is 5.18. The van der Waals surface area contributed by atoms with Gasteiger partial charge in [0.2, 0.25) is 0 Å². The van der Waals surface area contributed by atoms with E-state index in [0.717, 1.165) is 0 Å². The summed E-state index contributed by atoms with van der Waals surface area (Å²) < 4.78 is 5.08. The molecule has 0 bridgehead atoms. The minimum absolute atomic E-state index is 0.157. The van der Waals surface area contributed by atoms with Crippen molar-refractivity contribution in [3.05, 3.63) is 34.9 Å². The zero-order valence-corrected chi connectivity index (χ0v) is 14.0. The molecule has 0 aliphatic rings. The number of amides is 3. The molecular weight excluding hydrogens is 322 g/mol. The van der Waals surface area contributed by atoms with Gasteiger partial charge in [-0.15, -0.1) is 0 Å². The van der Waals surface area contributed by atoms with Crippen LogP contribution in [0.1, 0.15) is 24.9 Å². The van der Waals surface area contributed by atoms with Crippen molar-refractivity contribution in [3.8, 4) is 0 Å². The van der Waals surface area contributed by atoms with E-state index in [2.05, 4.69) is 5.32 Å². The second-order valence-electron chi connectivity index (χ2n) is 5.18. The first-order chi connectivity index (χ1) is 10.7. The number of halogens is 1. The predicted octanol–water partition coefficient (Wildman–Crippen LogP) is 1.46. The summed E-state index contributed by atoms with van der Waals surface area (Å²) in [5, 5.41) is 3.00. The van der Waals surface area contributed by atoms with Crippen LogP contribution in [0.3, 0.4) is 0 Å². The molecule has 8 heteroatoms. The molecule has 0 radical (unpaired) electrons. The van der Waals surface area contributed by atoms with Gasteiger partial charge in [-0.25, -0.2) is 4.79 Å². The van der Waals surface area contributed by atoms with Gasteiger partial charge in [0.25, 0.3) is 5.91 Å². The van der Waals surface area contributed by atoms with Crippen LogP contribution in [0.4, 0.5) is 4.79 Å². The van der Waals surface area contributed by atoms with E-state index in [1.54, 1.807) is 38.4 Å². The van der Waals surface area contributed by atoms with Gasteiger partial charge < -0.3 is 20.7 Å². The molecule has 0 aliphatic heterocycles. The number of esters is 1. The average molecular weight is 342 g/mol. The van der Waals surface area contributed by atoms with Gasteiger partial charge in [-0.2, -0.15) is 0 Å². The molecule has 7 nitrogen and oxygen atoms in total. The molecule has 3 N–H and O–H groups in total. The first-order valence-corrected chi connectivity index (χ1v) is 7.30. The zero-order valence-electron chi connectivity index (χ0n) is 13.2. The third-order valence-electron chi connectivity index (χ3n) is 3.06. The smallest absolute Gasteiger partial charge is 0.312 e. The summed E-state index contributed by atoms with van der Waals surface area (Å²) in [6.45, 7) is 1.49. The maximum Gasteiger partial charge on any atom is 0.312 e. The van der Waals surface area contributed by atoms with E-state index >= 15 is 0 Å². The normalized spacial score (nSPS) is 12.9. The minimum Gasteiger partial charge on any atom is -0.452 e. The number of carbonyl (C=O) groups is 3. The Kier molecular flexibility index (Phi) is 6.84. The number of hydrogen-bond donors (Lipinski definition) is 2. The van der Waals surface area contributed by atoms with Gasteiger partial charge in [0.05, 0.1) is 12.5 Å². The average Bonchev–Trinajstić information content (AvgIpc) is 2.45. The fraction of sp³-hybridized carbons (Fsp3) is 0.400. The predicted molar refractivity (Wildman–Crippen MR) is 85.8 cm³/mol. The van der Waals surface area contributed by atoms with E-state index in [9.17, 15) is 14.4 Å². The third kappa shape index (κ3) is 6.15. The highest BCUT2D eigenvalue weighted by molar-refractivity contribution is 6.30. The number of hydrogen-bond acceptors (Lipinski definition) is 4. The minimum atomic E-state index is -0.906. The van der Waals surface area contributed by atoms with Crippen molar-refractivity contribution in [2.75, 3.05) is 14.1 Å². The van der Waals surface area contributed by atoms with Crippen LogP contribution in [-0.2, 0) is 14.3 Å². The number of urea groups is 1. The molecule has 0 fully saturated rings. The molecule has 1 rings (SSSR count). The molecule has 23 heavy (non-hydrogen) atoms. The lowest BCUT2D eigenvalue weighted by atomic mass is 10.0. The van der Waals surface area contributed by atoms with Crippen molar-refractivity contribution >= 4 is 29.5 Å². The van der Waals surface area contributed by atoms with Crippen molar-refractivity contribution in [3.63, 3.8) is 0 Å². The Labute approximate surface area is 139 Å². The molecule has 0 aromatic heterocycles. The van der Waals surface area contributed by atoms with Gasteiger partial charge in [-0.3, -0.25) is 9.59 Å². The lowest BCUT2D eigenvalue weighted by molar-refractivity contribution is -0.158. The summed E-state index contributed by atoms with van der Waals surface area (Å²) in [5.41, 5.74) is 5.79. The molecule has 3 amide bonds. The molecule has 1 aromatic rings. The fourth-order valence-corrected chi connectivity index (χ4v) is 2.07. The largest absolute Gasteiger partial charge is 0.452 e. The highest BCUT2D eigenvalue weighted by atomic mass is 35.5. The number of primary amides is 1. The maximum absolute atomic E-state index is 12.0. The van der Waals surface area contributed by atoms with E-state index in [-0.39, 0.29) is 12.3 Å². The molecule has 0 aliphatic carbocycles. The number of rotatable bonds is 6. The van der Waals surface area contributed by atoms with Crippen LogP contribution in [0.25, 0.3) is 0 Å². The molecule has 0 heterocycles. The van der Waals surface area contributed by atoms with E-state index in [1.165, 1.54) is 11.8 Å². The first-order valence-electron chi connectivity index (χ1n) is 6.92. The highest BCUT2D eigenvalue weighted by Crippen LogP contribution is 2.20. The summed E-state index contributed by atoms with van der Waals surface area (Å²) in [7, 11) is 3.13. The summed E-state index contributed by atoms with van der Waals surface area (Å²) in [5.74, 6) is -0.953. The number of ether oxygens (including phenoxy) is 1. The van der Waals surface area contributed by atoms with Crippen molar-refractivity contribution in [2.45, 2.75) is 25.5 Å². The summed E-state index contributed by atoms with van der Waals surface area (Å²) in [6.07, 6.45) is -1.06. The van der Waals surface area contributed by atoms with E-state index in [0.29, 0.717) is 10.6 Å². The van der Waals surface area contributed by atoms with Gasteiger partial charge >= 0.3 is 12.0 Å². The standard InChI is InChI=1S/C15H20ClN3O4/c1-9(14(21)19(2)3)23-13(20)8-12(18-15(17)22)10-4-6-11(16)7-5-10/h4-7,9,12H,8H2,1-3H3,(H3,17,18,22)/t9-,12+/m1/s1. The van der Waals surface area contributed by atoms with Gasteiger partial charge in [-0.05, 0) is 24.6 Å². The maximum atomic E-state index is 12.0. The Morgan fingerprint density at radius 1 is 1.26 bits per heavy atom. The van der Waals surface area contributed by atoms with Crippen molar-refractivity contribution in [1.29, 1.82) is 0 Å². The first kappa shape index (κ1) is 18.8. The number of likely N-dealkylation sites (N-methyl/N-ethyl adjacent to an activating group) is 1. The molecule has 2 atom stereocenters. The van der Waals surface area contributed by atoms with Crippen LogP contribution in [0.15, 0.2) is 24.3 Å². The van der Waals surface area contributed by atoms with Crippen LogP contribution in [0.2, 0.25) is 5.02 Å². The lowest BCUT2D eigenvalue weighted by Crippen LogP contribution is -2.37. The second-order valence-corrected chi connectivity index (χ2v) is 5.62. The fourth-order valence-electron chi connectivity index (χ4n) is 1.94. The summed E-state index contributed by atoms with van der Waals surface area (Å²) >= 11 is 5.82. The lowest BCUT2D eigenvalue weighted by Gasteiger charge is -2.20. The van der Waals surface area contributed by atoms with Gasteiger partial charge in [0.1, 0.15) is 0 Å². The Morgan fingerprint density at radius 2 is 1.83 bits per heavy atom. The van der Waals surface area contributed by atoms with Gasteiger partial charge in [0, 0.05) is 19.1 Å². The molecule has 0 spiro atoms. The molecule has 0 unspecified atom stereocenters. The molecular formula is C15H20ClN3O4. The van der Waals surface area contributed by atoms with Crippen molar-refractivity contribution < 1.29 is 19.1 Å². The van der Waals surface area contributed by atoms with E-state index < -0.39 is 24.1 Å². The van der Waals surface area contributed by atoms with Crippen LogP contribution in [0.5, 0.6) is 0 Å². The van der Waals surface area contributed by atoms with Crippen molar-refractivity contribution in [2.24, 2.45) is 5.73 Å². The Balaban J connectivity index is 2.77. The quantitative estimate of drug-likeness (QED) is 0.765. The number of benzene rings is 1. The summed E-state index contributed by atoms with van der Waals surface area (Å²) in [4.78, 5) is 36.1. The Bertz CT molecular complexity index is 575.